The number of nitrogens with one attached hydrogen (secondary N) is 1. The van der Waals surface area contributed by atoms with E-state index in [4.69, 9.17) is 0 Å². The molecule has 1 aromatic heterocycles. The number of piperidine rings is 1. The lowest BCUT2D eigenvalue weighted by Crippen LogP contribution is -2.44. The Morgan fingerprint density at radius 1 is 1.25 bits per heavy atom. The monoisotopic (exact) mass is 463 g/mol. The summed E-state index contributed by atoms with van der Waals surface area (Å²) in [7, 11) is 4.01. The van der Waals surface area contributed by atoms with E-state index in [1.54, 1.807) is 11.8 Å². The minimum Gasteiger partial charge on any atom is -0.355 e. The fourth-order valence-corrected chi connectivity index (χ4v) is 4.10. The van der Waals surface area contributed by atoms with Crippen LogP contribution >= 0.6 is 27.7 Å². The van der Waals surface area contributed by atoms with Crippen molar-refractivity contribution in [3.8, 4) is 0 Å². The molecule has 1 saturated heterocycles. The van der Waals surface area contributed by atoms with E-state index >= 15 is 0 Å². The average Bonchev–Trinajstić information content (AvgIpc) is 2.70. The molecule has 0 unspecified atom stereocenters. The van der Waals surface area contributed by atoms with Crippen molar-refractivity contribution in [3.63, 3.8) is 0 Å². The van der Waals surface area contributed by atoms with Crippen molar-refractivity contribution >= 4 is 39.4 Å². The summed E-state index contributed by atoms with van der Waals surface area (Å²) in [4.78, 5) is 17.8. The van der Waals surface area contributed by atoms with Crippen LogP contribution in [0.5, 0.6) is 0 Å². The van der Waals surface area contributed by atoms with E-state index in [-0.39, 0.29) is 11.8 Å². The average molecular weight is 464 g/mol. The van der Waals surface area contributed by atoms with Gasteiger partial charge in [0, 0.05) is 35.5 Å². The Hall–Kier alpha value is -1.64. The van der Waals surface area contributed by atoms with Crippen molar-refractivity contribution in [3.05, 3.63) is 40.9 Å². The first-order valence-corrected chi connectivity index (χ1v) is 11.1. The van der Waals surface area contributed by atoms with Crippen LogP contribution in [-0.4, -0.2) is 61.3 Å². The van der Waals surface area contributed by atoms with Gasteiger partial charge in [0.05, 0.1) is 5.92 Å². The van der Waals surface area contributed by atoms with E-state index < -0.39 is 0 Å². The van der Waals surface area contributed by atoms with Crippen molar-refractivity contribution in [2.75, 3.05) is 45.2 Å². The second-order valence-electron chi connectivity index (χ2n) is 7.17. The molecule has 6 nitrogen and oxygen atoms in total. The third-order valence-electron chi connectivity index (χ3n) is 4.64. The van der Waals surface area contributed by atoms with Crippen LogP contribution in [0.25, 0.3) is 0 Å². The van der Waals surface area contributed by atoms with Crippen LogP contribution in [-0.2, 0) is 4.79 Å². The highest BCUT2D eigenvalue weighted by Gasteiger charge is 2.26. The molecular weight excluding hydrogens is 438 g/mol. The van der Waals surface area contributed by atoms with Gasteiger partial charge in [-0.15, -0.1) is 10.2 Å². The lowest BCUT2D eigenvalue weighted by atomic mass is 9.97. The van der Waals surface area contributed by atoms with Crippen LogP contribution in [0.1, 0.15) is 12.8 Å². The lowest BCUT2D eigenvalue weighted by molar-refractivity contribution is -0.125. The van der Waals surface area contributed by atoms with Crippen LogP contribution in [0.2, 0.25) is 0 Å². The molecule has 150 valence electrons. The number of anilines is 1. The summed E-state index contributed by atoms with van der Waals surface area (Å²) in [5.41, 5.74) is 0. The number of carbonyl (C=O) groups is 1. The first-order chi connectivity index (χ1) is 13.5. The Bertz CT molecular complexity index is 769. The van der Waals surface area contributed by atoms with Gasteiger partial charge in [-0.3, -0.25) is 4.79 Å². The zero-order chi connectivity index (χ0) is 19.9. The topological polar surface area (TPSA) is 61.4 Å². The molecule has 1 fully saturated rings. The SMILES string of the molecule is CN(C)CCNC(=O)[C@@H]1CCCN(c2ccc(Sc3ccc(Br)cc3)nn2)C1. The minimum atomic E-state index is 0.00882. The van der Waals surface area contributed by atoms with Gasteiger partial charge in [0.25, 0.3) is 0 Å². The summed E-state index contributed by atoms with van der Waals surface area (Å²) >= 11 is 5.03. The zero-order valence-electron chi connectivity index (χ0n) is 16.3. The predicted octanol–water partition coefficient (Wildman–Crippen LogP) is 3.28. The van der Waals surface area contributed by atoms with Crippen molar-refractivity contribution in [1.29, 1.82) is 0 Å². The lowest BCUT2D eigenvalue weighted by Gasteiger charge is -2.32. The third kappa shape index (κ3) is 6.18. The number of likely N-dealkylation sites (N-methyl/N-ethyl adjacent to an activating group) is 1. The molecule has 1 atom stereocenters. The van der Waals surface area contributed by atoms with Gasteiger partial charge in [-0.2, -0.15) is 0 Å². The number of hydrogen-bond acceptors (Lipinski definition) is 6. The minimum absolute atomic E-state index is 0.00882. The number of aromatic nitrogens is 2. The summed E-state index contributed by atoms with van der Waals surface area (Å²) in [6.45, 7) is 3.15. The number of amides is 1. The molecule has 2 aromatic rings. The normalized spacial score (nSPS) is 17.0. The summed E-state index contributed by atoms with van der Waals surface area (Å²) in [5.74, 6) is 0.988. The smallest absolute Gasteiger partial charge is 0.224 e. The molecule has 1 amide bonds. The largest absolute Gasteiger partial charge is 0.355 e. The summed E-state index contributed by atoms with van der Waals surface area (Å²) in [6, 6.07) is 12.1. The molecular formula is C20H26BrN5OS. The third-order valence-corrected chi connectivity index (χ3v) is 6.10. The Morgan fingerprint density at radius 3 is 2.71 bits per heavy atom. The molecule has 0 bridgehead atoms. The van der Waals surface area contributed by atoms with E-state index in [9.17, 15) is 4.79 Å². The molecule has 0 spiro atoms. The number of carbonyl (C=O) groups excluding carboxylic acids is 1. The first-order valence-electron chi connectivity index (χ1n) is 9.46. The summed E-state index contributed by atoms with van der Waals surface area (Å²) in [6.07, 6.45) is 1.91. The Kier molecular flexibility index (Phi) is 7.70. The van der Waals surface area contributed by atoms with E-state index in [1.165, 1.54) is 0 Å². The molecule has 0 saturated carbocycles. The van der Waals surface area contributed by atoms with Crippen molar-refractivity contribution < 1.29 is 4.79 Å². The maximum absolute atomic E-state index is 12.4. The Balaban J connectivity index is 1.55. The molecule has 1 aromatic carbocycles. The maximum atomic E-state index is 12.4. The highest BCUT2D eigenvalue weighted by molar-refractivity contribution is 9.10. The first kappa shape index (κ1) is 21.1. The number of rotatable bonds is 7. The van der Waals surface area contributed by atoms with Gasteiger partial charge >= 0.3 is 0 Å². The molecule has 1 N–H and O–H groups in total. The Morgan fingerprint density at radius 2 is 2.04 bits per heavy atom. The molecule has 0 aliphatic carbocycles. The highest BCUT2D eigenvalue weighted by Crippen LogP contribution is 2.28. The number of nitrogens with zero attached hydrogens (tertiary/aromatic N) is 4. The van der Waals surface area contributed by atoms with Crippen LogP contribution < -0.4 is 10.2 Å². The van der Waals surface area contributed by atoms with Crippen molar-refractivity contribution in [2.45, 2.75) is 22.8 Å². The second kappa shape index (κ2) is 10.2. The summed E-state index contributed by atoms with van der Waals surface area (Å²) in [5, 5.41) is 12.7. The van der Waals surface area contributed by atoms with Gasteiger partial charge in [-0.1, -0.05) is 27.7 Å². The van der Waals surface area contributed by atoms with Gasteiger partial charge in [-0.25, -0.2) is 0 Å². The van der Waals surface area contributed by atoms with Crippen LogP contribution in [0.15, 0.2) is 50.8 Å². The van der Waals surface area contributed by atoms with Crippen LogP contribution in [0, 0.1) is 5.92 Å². The number of benzene rings is 1. The van der Waals surface area contributed by atoms with E-state index in [0.29, 0.717) is 13.1 Å². The molecule has 0 radical (unpaired) electrons. The molecule has 8 heteroatoms. The number of hydrogen-bond donors (Lipinski definition) is 1. The number of halogens is 1. The predicted molar refractivity (Wildman–Crippen MR) is 117 cm³/mol. The maximum Gasteiger partial charge on any atom is 0.224 e. The second-order valence-corrected chi connectivity index (χ2v) is 9.17. The van der Waals surface area contributed by atoms with Crippen molar-refractivity contribution in [1.82, 2.24) is 20.4 Å². The fourth-order valence-electron chi connectivity index (χ4n) is 3.11. The molecule has 1 aliphatic rings. The van der Waals surface area contributed by atoms with E-state index in [1.807, 2.05) is 38.4 Å². The standard InChI is InChI=1S/C20H26BrN5OS/c1-25(2)13-11-22-20(27)15-4-3-12-26(14-15)18-9-10-19(24-23-18)28-17-7-5-16(21)6-8-17/h5-10,15H,3-4,11-14H2,1-2H3,(H,22,27)/t15-/m1/s1. The van der Waals surface area contributed by atoms with Gasteiger partial charge in [0.2, 0.25) is 5.91 Å². The molecule has 2 heterocycles. The van der Waals surface area contributed by atoms with Gasteiger partial charge < -0.3 is 15.1 Å². The van der Waals surface area contributed by atoms with E-state index in [2.05, 4.69) is 53.4 Å². The quantitative estimate of drug-likeness (QED) is 0.679. The van der Waals surface area contributed by atoms with Gasteiger partial charge in [0.1, 0.15) is 5.03 Å². The fraction of sp³-hybridized carbons (Fsp3) is 0.450. The summed E-state index contributed by atoms with van der Waals surface area (Å²) < 4.78 is 1.06. The van der Waals surface area contributed by atoms with Crippen LogP contribution in [0.4, 0.5) is 5.82 Å². The van der Waals surface area contributed by atoms with Crippen molar-refractivity contribution in [2.24, 2.45) is 5.92 Å². The zero-order valence-corrected chi connectivity index (χ0v) is 18.7. The van der Waals surface area contributed by atoms with Gasteiger partial charge in [0.15, 0.2) is 5.82 Å². The molecule has 1 aliphatic heterocycles. The van der Waals surface area contributed by atoms with Gasteiger partial charge in [-0.05, 0) is 63.3 Å². The molecule has 3 rings (SSSR count). The van der Waals surface area contributed by atoms with Crippen LogP contribution in [0.3, 0.4) is 0 Å². The Labute approximate surface area is 179 Å². The molecule has 28 heavy (non-hydrogen) atoms. The van der Waals surface area contributed by atoms with E-state index in [0.717, 1.165) is 46.1 Å². The highest BCUT2D eigenvalue weighted by atomic mass is 79.9.